The molecule has 0 amide bonds. The van der Waals surface area contributed by atoms with Gasteiger partial charge in [0.05, 0.1) is 5.25 Å². The third-order valence-electron chi connectivity index (χ3n) is 2.89. The second kappa shape index (κ2) is 5.59. The van der Waals surface area contributed by atoms with Crippen molar-refractivity contribution in [2.24, 2.45) is 0 Å². The molecule has 2 rings (SSSR count). The van der Waals surface area contributed by atoms with Crippen molar-refractivity contribution in [2.75, 3.05) is 11.3 Å². The molecular formula is C12H17BrN2O2S. The van der Waals surface area contributed by atoms with Crippen molar-refractivity contribution in [3.8, 4) is 0 Å². The summed E-state index contributed by atoms with van der Waals surface area (Å²) < 4.78 is 27.6. The highest BCUT2D eigenvalue weighted by atomic mass is 79.9. The summed E-state index contributed by atoms with van der Waals surface area (Å²) in [6.07, 6.45) is 2.32. The first-order valence-corrected chi connectivity index (χ1v) is 8.32. The first-order valence-electron chi connectivity index (χ1n) is 5.98. The van der Waals surface area contributed by atoms with Crippen molar-refractivity contribution in [3.63, 3.8) is 0 Å². The largest absolute Gasteiger partial charge is 0.313 e. The van der Waals surface area contributed by atoms with Crippen molar-refractivity contribution in [1.29, 1.82) is 0 Å². The Hall–Kier alpha value is -0.590. The molecular weight excluding hydrogens is 316 g/mol. The third-order valence-corrected chi connectivity index (χ3v) is 5.13. The molecule has 0 aromatic heterocycles. The van der Waals surface area contributed by atoms with Crippen LogP contribution in [0.3, 0.4) is 0 Å². The van der Waals surface area contributed by atoms with Crippen LogP contribution in [0.1, 0.15) is 19.8 Å². The fourth-order valence-electron chi connectivity index (χ4n) is 1.55. The maximum atomic E-state index is 12.1. The van der Waals surface area contributed by atoms with Gasteiger partial charge in [-0.1, -0.05) is 22.0 Å². The first-order chi connectivity index (χ1) is 8.47. The SMILES string of the molecule is CC(CNC1CC1)S(=O)(=O)Nc1cccc(Br)c1. The van der Waals surface area contributed by atoms with E-state index in [-0.39, 0.29) is 0 Å². The molecule has 1 aliphatic rings. The van der Waals surface area contributed by atoms with E-state index in [4.69, 9.17) is 0 Å². The van der Waals surface area contributed by atoms with Crippen molar-refractivity contribution in [3.05, 3.63) is 28.7 Å². The van der Waals surface area contributed by atoms with Gasteiger partial charge in [0.15, 0.2) is 0 Å². The molecule has 1 aromatic rings. The van der Waals surface area contributed by atoms with Gasteiger partial charge in [-0.3, -0.25) is 4.72 Å². The number of sulfonamides is 1. The standard InChI is InChI=1S/C12H17BrN2O2S/c1-9(8-14-11-5-6-11)18(16,17)15-12-4-2-3-10(13)7-12/h2-4,7,9,11,14-15H,5-6,8H2,1H3. The monoisotopic (exact) mass is 332 g/mol. The number of rotatable bonds is 6. The van der Waals surface area contributed by atoms with Gasteiger partial charge in [-0.25, -0.2) is 8.42 Å². The molecule has 6 heteroatoms. The quantitative estimate of drug-likeness (QED) is 0.840. The van der Waals surface area contributed by atoms with Crippen LogP contribution in [-0.4, -0.2) is 26.3 Å². The summed E-state index contributed by atoms with van der Waals surface area (Å²) in [5, 5.41) is 2.78. The molecule has 4 nitrogen and oxygen atoms in total. The Morgan fingerprint density at radius 2 is 2.17 bits per heavy atom. The van der Waals surface area contributed by atoms with Crippen molar-refractivity contribution >= 4 is 31.6 Å². The van der Waals surface area contributed by atoms with Crippen LogP contribution in [0.2, 0.25) is 0 Å². The van der Waals surface area contributed by atoms with Gasteiger partial charge in [0.25, 0.3) is 0 Å². The summed E-state index contributed by atoms with van der Waals surface area (Å²) in [5.41, 5.74) is 0.586. The van der Waals surface area contributed by atoms with Crippen molar-refractivity contribution in [2.45, 2.75) is 31.1 Å². The zero-order valence-corrected chi connectivity index (χ0v) is 12.6. The highest BCUT2D eigenvalue weighted by Crippen LogP contribution is 2.20. The Morgan fingerprint density at radius 1 is 1.44 bits per heavy atom. The van der Waals surface area contributed by atoms with Gasteiger partial charge in [-0.15, -0.1) is 0 Å². The summed E-state index contributed by atoms with van der Waals surface area (Å²) in [5.74, 6) is 0. The van der Waals surface area contributed by atoms with E-state index in [2.05, 4.69) is 26.0 Å². The predicted molar refractivity (Wildman–Crippen MR) is 77.2 cm³/mol. The average Bonchev–Trinajstić information content (AvgIpc) is 3.08. The van der Waals surface area contributed by atoms with E-state index in [0.29, 0.717) is 18.3 Å². The minimum Gasteiger partial charge on any atom is -0.313 e. The Bertz CT molecular complexity index is 515. The molecule has 2 N–H and O–H groups in total. The minimum absolute atomic E-state index is 0.447. The van der Waals surface area contributed by atoms with E-state index < -0.39 is 15.3 Å². The van der Waals surface area contributed by atoms with Gasteiger partial charge >= 0.3 is 0 Å². The van der Waals surface area contributed by atoms with E-state index >= 15 is 0 Å². The molecule has 0 heterocycles. The summed E-state index contributed by atoms with van der Waals surface area (Å²) in [6.45, 7) is 2.21. The second-order valence-corrected chi connectivity index (χ2v) is 7.67. The topological polar surface area (TPSA) is 58.2 Å². The zero-order chi connectivity index (χ0) is 13.2. The number of benzene rings is 1. The fraction of sp³-hybridized carbons (Fsp3) is 0.500. The lowest BCUT2D eigenvalue weighted by atomic mass is 10.3. The molecule has 18 heavy (non-hydrogen) atoms. The van der Waals surface area contributed by atoms with E-state index in [9.17, 15) is 8.42 Å². The lowest BCUT2D eigenvalue weighted by Gasteiger charge is -2.15. The first kappa shape index (κ1) is 13.8. The molecule has 0 aliphatic heterocycles. The molecule has 1 atom stereocenters. The van der Waals surface area contributed by atoms with E-state index in [1.165, 1.54) is 0 Å². The highest BCUT2D eigenvalue weighted by Gasteiger charge is 2.25. The second-order valence-electron chi connectivity index (χ2n) is 4.65. The van der Waals surface area contributed by atoms with Crippen molar-refractivity contribution < 1.29 is 8.42 Å². The van der Waals surface area contributed by atoms with Crippen LogP contribution < -0.4 is 10.0 Å². The smallest absolute Gasteiger partial charge is 0.236 e. The van der Waals surface area contributed by atoms with Crippen LogP contribution in [0.15, 0.2) is 28.7 Å². The van der Waals surface area contributed by atoms with Crippen LogP contribution in [0, 0.1) is 0 Å². The lowest BCUT2D eigenvalue weighted by molar-refractivity contribution is 0.576. The minimum atomic E-state index is -3.33. The van der Waals surface area contributed by atoms with Gasteiger partial charge in [-0.05, 0) is 38.0 Å². The molecule has 0 radical (unpaired) electrons. The fourth-order valence-corrected chi connectivity index (χ4v) is 2.92. The van der Waals surface area contributed by atoms with Gasteiger partial charge in [0.2, 0.25) is 10.0 Å². The van der Waals surface area contributed by atoms with Gasteiger partial charge < -0.3 is 5.32 Å². The molecule has 0 saturated heterocycles. The highest BCUT2D eigenvalue weighted by molar-refractivity contribution is 9.10. The number of nitrogens with one attached hydrogen (secondary N) is 2. The predicted octanol–water partition coefficient (Wildman–Crippen LogP) is 2.33. The van der Waals surface area contributed by atoms with Crippen LogP contribution in [0.4, 0.5) is 5.69 Å². The molecule has 1 saturated carbocycles. The molecule has 1 unspecified atom stereocenters. The number of hydrogen-bond acceptors (Lipinski definition) is 3. The number of hydrogen-bond donors (Lipinski definition) is 2. The van der Waals surface area contributed by atoms with Crippen LogP contribution >= 0.6 is 15.9 Å². The summed E-state index contributed by atoms with van der Waals surface area (Å²) in [7, 11) is -3.33. The van der Waals surface area contributed by atoms with Crippen molar-refractivity contribution in [1.82, 2.24) is 5.32 Å². The van der Waals surface area contributed by atoms with E-state index in [1.807, 2.05) is 6.07 Å². The van der Waals surface area contributed by atoms with Crippen LogP contribution in [0.5, 0.6) is 0 Å². The normalized spacial score (nSPS) is 17.4. The number of halogens is 1. The number of anilines is 1. The van der Waals surface area contributed by atoms with E-state index in [1.54, 1.807) is 25.1 Å². The summed E-state index contributed by atoms with van der Waals surface area (Å²) in [6, 6.07) is 7.67. The molecule has 100 valence electrons. The maximum absolute atomic E-state index is 12.1. The average molecular weight is 333 g/mol. The molecule has 1 aliphatic carbocycles. The van der Waals surface area contributed by atoms with Crippen LogP contribution in [0.25, 0.3) is 0 Å². The zero-order valence-electron chi connectivity index (χ0n) is 10.2. The molecule has 1 aromatic carbocycles. The van der Waals surface area contributed by atoms with E-state index in [0.717, 1.165) is 17.3 Å². The van der Waals surface area contributed by atoms with Gasteiger partial charge in [-0.2, -0.15) is 0 Å². The van der Waals surface area contributed by atoms with Crippen LogP contribution in [-0.2, 0) is 10.0 Å². The third kappa shape index (κ3) is 3.96. The molecule has 0 spiro atoms. The molecule has 0 bridgehead atoms. The van der Waals surface area contributed by atoms with Gasteiger partial charge in [0, 0.05) is 22.7 Å². The Labute approximate surface area is 116 Å². The Morgan fingerprint density at radius 3 is 2.78 bits per heavy atom. The Balaban J connectivity index is 1.96. The van der Waals surface area contributed by atoms with Gasteiger partial charge in [0.1, 0.15) is 0 Å². The molecule has 1 fully saturated rings. The Kier molecular flexibility index (Phi) is 4.29. The lowest BCUT2D eigenvalue weighted by Crippen LogP contribution is -2.35. The summed E-state index contributed by atoms with van der Waals surface area (Å²) >= 11 is 3.32. The summed E-state index contributed by atoms with van der Waals surface area (Å²) in [4.78, 5) is 0. The maximum Gasteiger partial charge on any atom is 0.236 e.